The highest BCUT2D eigenvalue weighted by Crippen LogP contribution is 2.51. The minimum atomic E-state index is -0.340. The molecule has 10 aliphatic rings. The molecule has 0 spiro atoms. The van der Waals surface area contributed by atoms with Gasteiger partial charge in [0.15, 0.2) is 0 Å². The van der Waals surface area contributed by atoms with Gasteiger partial charge < -0.3 is 44.9 Å². The quantitative estimate of drug-likeness (QED) is 0.0250. The van der Waals surface area contributed by atoms with E-state index in [2.05, 4.69) is 211 Å². The predicted octanol–water partition coefficient (Wildman–Crippen LogP) is 17.7. The molecule has 0 bridgehead atoms. The number of piperidine rings is 5. The van der Waals surface area contributed by atoms with Crippen molar-refractivity contribution in [2.45, 2.75) is 185 Å². The van der Waals surface area contributed by atoms with Crippen molar-refractivity contribution >= 4 is 142 Å². The molecule has 0 unspecified atom stereocenters. The molecule has 694 valence electrons. The molecule has 0 saturated carbocycles. The molecule has 0 radical (unpaired) electrons. The standard InChI is InChI=1S/C28H39N5O3.C21H28N2OS.3C19H24N2OS/c1-5-11-32-18-21(14-23-22-9-7-10-24-26(22)20(16-30-24)15-25(23)32)27(35)33(28(36)29-6-2)13-8-12-31(4)17-19(3)34;1-3-7-23-11-15(13-25-12-14(2)24)8-18-17-5-4-6-19-21(17)16(10-22-19)9-20(18)23;3*1-12(22)10-23-11-13-6-16-15-4-3-5-17-19(15)14(8-20-17)7-18(16)21(2)9-13/h5,7,9-10,16,21,23,25,30H,1,6,8,11-15,17-18H2,2-4H3,(H,29,36);4-6,10,15,18,20,22H,3,7-9,11-13H2,1-2H3;3*3-5,8,13,16,18,20H,6-7,9-11H2,1-2H3/t21-,23-,25-;15-,18-,20-;3*13-,16-,18-/m11111/s1. The van der Waals surface area contributed by atoms with E-state index in [1.165, 1.54) is 156 Å². The number of likely N-dealkylation sites (N-methyl/N-ethyl adjacent to an activating group) is 4. The molecule has 5 saturated heterocycles. The van der Waals surface area contributed by atoms with Crippen molar-refractivity contribution in [1.82, 2.24) is 64.5 Å². The van der Waals surface area contributed by atoms with Gasteiger partial charge >= 0.3 is 6.03 Å². The number of fused-ring (bicyclic) bond motifs is 10. The van der Waals surface area contributed by atoms with Crippen LogP contribution in [-0.4, -0.2) is 276 Å². The molecule has 10 aromatic rings. The van der Waals surface area contributed by atoms with Gasteiger partial charge in [0.1, 0.15) is 28.9 Å². The fraction of sp³-hybridized carbons (Fsp3) is 0.538. The average molecular weight is 1840 g/mol. The number of benzene rings is 5. The molecule has 10 heterocycles. The molecule has 5 aliphatic heterocycles. The summed E-state index contributed by atoms with van der Waals surface area (Å²) >= 11 is 7.24. The van der Waals surface area contributed by atoms with Crippen LogP contribution in [0.25, 0.3) is 54.5 Å². The third-order valence-electron chi connectivity index (χ3n) is 29.8. The smallest absolute Gasteiger partial charge is 0.324 e. The molecule has 130 heavy (non-hydrogen) atoms. The van der Waals surface area contributed by atoms with E-state index in [4.69, 9.17) is 0 Å². The second-order valence-electron chi connectivity index (χ2n) is 39.7. The Kier molecular flexibility index (Phi) is 31.6. The number of nitrogens with one attached hydrogen (secondary N) is 6. The molecule has 24 heteroatoms. The Morgan fingerprint density at radius 1 is 0.423 bits per heavy atom. The number of thioether (sulfide) groups is 4. The number of imide groups is 1. The summed E-state index contributed by atoms with van der Waals surface area (Å²) in [6, 6.07) is 35.8. The molecule has 5 aliphatic carbocycles. The summed E-state index contributed by atoms with van der Waals surface area (Å²) in [5.74, 6) is 13.4. The van der Waals surface area contributed by atoms with Gasteiger partial charge in [-0.05, 0) is 293 Å². The number of carbonyl (C=O) groups is 7. The van der Waals surface area contributed by atoms with E-state index in [0.29, 0.717) is 152 Å². The van der Waals surface area contributed by atoms with E-state index < -0.39 is 0 Å². The van der Waals surface area contributed by atoms with Crippen LogP contribution in [0, 0.1) is 29.6 Å². The average Bonchev–Trinajstić information content (AvgIpc) is 1.10. The van der Waals surface area contributed by atoms with Crippen LogP contribution in [0.5, 0.6) is 0 Å². The summed E-state index contributed by atoms with van der Waals surface area (Å²) in [6.45, 7) is 25.4. The van der Waals surface area contributed by atoms with Crippen LogP contribution >= 0.6 is 47.0 Å². The van der Waals surface area contributed by atoms with Gasteiger partial charge in [-0.3, -0.25) is 48.4 Å². The maximum Gasteiger partial charge on any atom is 0.324 e. The zero-order valence-corrected chi connectivity index (χ0v) is 81.8. The summed E-state index contributed by atoms with van der Waals surface area (Å²) in [5, 5.41) is 10.0. The first-order chi connectivity index (χ1) is 62.9. The highest BCUT2D eigenvalue weighted by molar-refractivity contribution is 8.00. The number of likely N-dealkylation sites (tertiary alicyclic amines) is 5. The highest BCUT2D eigenvalue weighted by atomic mass is 32.2. The Hall–Kier alpha value is -8.01. The van der Waals surface area contributed by atoms with Gasteiger partial charge in [-0.2, -0.15) is 47.0 Å². The Bertz CT molecular complexity index is 5390. The summed E-state index contributed by atoms with van der Waals surface area (Å²) in [6.07, 6.45) is 26.0. The van der Waals surface area contributed by atoms with Crippen molar-refractivity contribution in [3.05, 3.63) is 190 Å². The van der Waals surface area contributed by atoms with Crippen molar-refractivity contribution in [3.63, 3.8) is 0 Å². The van der Waals surface area contributed by atoms with Gasteiger partial charge in [0, 0.05) is 198 Å². The van der Waals surface area contributed by atoms with Gasteiger partial charge in [0.05, 0.1) is 35.5 Å². The molecule has 20 rings (SSSR count). The van der Waals surface area contributed by atoms with Crippen LogP contribution in [0.2, 0.25) is 0 Å². The Labute approximate surface area is 786 Å². The van der Waals surface area contributed by atoms with Crippen molar-refractivity contribution in [2.75, 3.05) is 146 Å². The van der Waals surface area contributed by atoms with Crippen LogP contribution < -0.4 is 5.32 Å². The SMILES string of the molecule is C=CCN1C[C@H](C(=O)N(CCCN(C)CC(C)=O)C(=O)NCC)C[C@@H]2c3cccc4[nH]cc(c34)C[C@H]21.CC(=O)CSC[C@@H]1C[C@@H]2c3cccc4[nH]cc(c34)C[C@H]2N(C)C1.CC(=O)CSC[C@@H]1C[C@@H]2c3cccc4[nH]cc(c34)C[C@H]2N(C)C1.CC(=O)CSC[C@@H]1C[C@@H]2c3cccc4[nH]cc(c34)C[C@H]2N(C)C1.CCCN1C[C@H](CSCC(C)=O)C[C@@H]2c3cccc4[nH]cc(c34)C[C@H]21. The number of aromatic nitrogens is 5. The zero-order chi connectivity index (χ0) is 91.1. The summed E-state index contributed by atoms with van der Waals surface area (Å²) in [4.78, 5) is 116. The second kappa shape index (κ2) is 43.1. The largest absolute Gasteiger partial charge is 0.361 e. The Morgan fingerprint density at radius 3 is 1.07 bits per heavy atom. The fourth-order valence-electron chi connectivity index (χ4n) is 24.7. The molecule has 5 aromatic heterocycles. The molecular formula is C106H139N13O7S4. The van der Waals surface area contributed by atoms with Gasteiger partial charge in [0.25, 0.3) is 0 Å². The van der Waals surface area contributed by atoms with Gasteiger partial charge in [-0.15, -0.1) is 6.58 Å². The first kappa shape index (κ1) is 95.2. The van der Waals surface area contributed by atoms with Crippen LogP contribution in [0.4, 0.5) is 4.79 Å². The molecule has 5 aromatic carbocycles. The van der Waals surface area contributed by atoms with E-state index in [1.807, 2.05) is 36.7 Å². The van der Waals surface area contributed by atoms with Crippen LogP contribution in [0.1, 0.15) is 179 Å². The molecular weight excluding hydrogens is 1700 g/mol. The number of urea groups is 1. The second-order valence-corrected chi connectivity index (χ2v) is 43.8. The molecule has 5 fully saturated rings. The van der Waals surface area contributed by atoms with E-state index >= 15 is 0 Å². The maximum absolute atomic E-state index is 13.9. The highest BCUT2D eigenvalue weighted by Gasteiger charge is 2.47. The topological polar surface area (TPSA) is 233 Å². The van der Waals surface area contributed by atoms with Crippen molar-refractivity contribution in [1.29, 1.82) is 0 Å². The first-order valence-corrected chi connectivity index (χ1v) is 52.7. The summed E-state index contributed by atoms with van der Waals surface area (Å²) < 4.78 is 0. The summed E-state index contributed by atoms with van der Waals surface area (Å²) in [7, 11) is 8.71. The lowest BCUT2D eigenvalue weighted by Crippen LogP contribution is -2.55. The number of ketones is 5. The van der Waals surface area contributed by atoms with Crippen molar-refractivity contribution < 1.29 is 33.6 Å². The lowest BCUT2D eigenvalue weighted by atomic mass is 9.72. The van der Waals surface area contributed by atoms with Crippen molar-refractivity contribution in [3.8, 4) is 0 Å². The van der Waals surface area contributed by atoms with Crippen molar-refractivity contribution in [2.24, 2.45) is 29.6 Å². The minimum Gasteiger partial charge on any atom is -0.361 e. The summed E-state index contributed by atoms with van der Waals surface area (Å²) in [5.41, 5.74) is 21.0. The number of carbonyl (C=O) groups excluding carboxylic acids is 7. The van der Waals surface area contributed by atoms with E-state index in [-0.39, 0.29) is 46.9 Å². The monoisotopic (exact) mass is 1830 g/mol. The molecule has 6 N–H and O–H groups in total. The number of hydrogen-bond donors (Lipinski definition) is 6. The number of aromatic amines is 5. The van der Waals surface area contributed by atoms with E-state index in [9.17, 15) is 33.6 Å². The lowest BCUT2D eigenvalue weighted by molar-refractivity contribution is -0.135. The van der Waals surface area contributed by atoms with Crippen LogP contribution in [0.15, 0.2) is 135 Å². The van der Waals surface area contributed by atoms with Gasteiger partial charge in [-0.25, -0.2) is 4.79 Å². The predicted molar refractivity (Wildman–Crippen MR) is 540 cm³/mol. The molecule has 15 atom stereocenters. The Morgan fingerprint density at radius 2 is 0.746 bits per heavy atom. The Balaban J connectivity index is 0.000000120. The minimum absolute atomic E-state index is 0.0984. The number of Topliss-reactive ketones (excluding diaryl/α,β-unsaturated/α-hetero) is 5. The van der Waals surface area contributed by atoms with E-state index in [1.54, 1.807) is 75.5 Å². The van der Waals surface area contributed by atoms with Gasteiger partial charge in [0.2, 0.25) is 5.91 Å². The molecule has 3 amide bonds. The number of rotatable bonds is 28. The third kappa shape index (κ3) is 21.4. The molecule has 20 nitrogen and oxygen atoms in total. The number of amides is 3. The van der Waals surface area contributed by atoms with E-state index in [0.717, 1.165) is 80.3 Å². The van der Waals surface area contributed by atoms with Crippen LogP contribution in [0.3, 0.4) is 0 Å². The lowest BCUT2D eigenvalue weighted by Gasteiger charge is -2.47. The number of H-pyrrole nitrogens is 5. The fourth-order valence-corrected chi connectivity index (χ4v) is 28.6. The normalized spacial score (nSPS) is 25.3. The maximum atomic E-state index is 13.9. The zero-order valence-electron chi connectivity index (χ0n) is 78.5. The third-order valence-corrected chi connectivity index (χ3v) is 35.1. The van der Waals surface area contributed by atoms with Gasteiger partial charge in [-0.1, -0.05) is 73.7 Å². The van der Waals surface area contributed by atoms with Crippen LogP contribution in [-0.2, 0) is 60.9 Å². The first-order valence-electron chi connectivity index (χ1n) is 48.1. The number of hydrogen-bond acceptors (Lipinski definition) is 17. The number of nitrogens with zero attached hydrogens (tertiary/aromatic N) is 7.